The highest BCUT2D eigenvalue weighted by Crippen LogP contribution is 2.37. The van der Waals surface area contributed by atoms with E-state index in [4.69, 9.17) is 18.6 Å². The summed E-state index contributed by atoms with van der Waals surface area (Å²) in [6.45, 7) is 2.24. The van der Waals surface area contributed by atoms with Crippen molar-refractivity contribution in [2.75, 3.05) is 27.0 Å². The van der Waals surface area contributed by atoms with Gasteiger partial charge in [-0.25, -0.2) is 0 Å². The molecule has 2 aliphatic rings. The minimum absolute atomic E-state index is 0.0799. The van der Waals surface area contributed by atoms with Crippen LogP contribution in [0.4, 0.5) is 0 Å². The summed E-state index contributed by atoms with van der Waals surface area (Å²) in [5, 5.41) is 11.3. The number of H-pyrrole nitrogens is 1. The van der Waals surface area contributed by atoms with Gasteiger partial charge >= 0.3 is 5.97 Å². The molecular formula is C25H26N2O8. The molecule has 4 heterocycles. The summed E-state index contributed by atoms with van der Waals surface area (Å²) < 4.78 is 21.6. The predicted octanol–water partition coefficient (Wildman–Crippen LogP) is 2.60. The fourth-order valence-electron chi connectivity index (χ4n) is 4.67. The van der Waals surface area contributed by atoms with Crippen molar-refractivity contribution in [1.29, 1.82) is 0 Å². The fraction of sp³-hybridized carbons (Fsp3) is 0.400. The summed E-state index contributed by atoms with van der Waals surface area (Å²) in [6, 6.07) is 6.23. The van der Waals surface area contributed by atoms with Crippen LogP contribution in [0.3, 0.4) is 0 Å². The highest BCUT2D eigenvalue weighted by atomic mass is 16.7. The zero-order chi connectivity index (χ0) is 24.5. The molecule has 0 unspecified atom stereocenters. The summed E-state index contributed by atoms with van der Waals surface area (Å²) >= 11 is 0. The Hall–Kier alpha value is -3.79. The van der Waals surface area contributed by atoms with Crippen LogP contribution in [-0.2, 0) is 16.1 Å². The molecule has 2 aliphatic heterocycles. The van der Waals surface area contributed by atoms with Crippen molar-refractivity contribution in [3.63, 3.8) is 0 Å². The number of ether oxygens (including phenoxy) is 3. The Bertz CT molecular complexity index is 1390. The SMILES string of the molecule is COC(=O)C[C@H](c1oc(CN2CCCCC2)cc(=O)c1O)c1cc2cc3c(cc2[nH]c1=O)OCO3. The van der Waals surface area contributed by atoms with E-state index < -0.39 is 28.6 Å². The highest BCUT2D eigenvalue weighted by Gasteiger charge is 2.30. The second kappa shape index (κ2) is 9.46. The van der Waals surface area contributed by atoms with E-state index in [1.54, 1.807) is 18.2 Å². The number of carbonyl (C=O) groups is 1. The van der Waals surface area contributed by atoms with Crippen molar-refractivity contribution in [2.24, 2.45) is 0 Å². The molecule has 0 bridgehead atoms. The normalized spacial score (nSPS) is 16.4. The predicted molar refractivity (Wildman–Crippen MR) is 125 cm³/mol. The maximum absolute atomic E-state index is 13.1. The summed E-state index contributed by atoms with van der Waals surface area (Å²) in [5.74, 6) is -1.04. The number of esters is 1. The van der Waals surface area contributed by atoms with Crippen molar-refractivity contribution in [3.05, 3.63) is 61.9 Å². The second-order valence-corrected chi connectivity index (χ2v) is 8.81. The summed E-state index contributed by atoms with van der Waals surface area (Å²) in [5.41, 5.74) is -0.456. The van der Waals surface area contributed by atoms with Gasteiger partial charge in [0.15, 0.2) is 17.3 Å². The molecule has 184 valence electrons. The topological polar surface area (TPSA) is 131 Å². The number of nitrogens with zero attached hydrogens (tertiary/aromatic N) is 1. The number of carbonyl (C=O) groups excluding carboxylic acids is 1. The lowest BCUT2D eigenvalue weighted by molar-refractivity contribution is -0.140. The number of aromatic hydroxyl groups is 1. The molecule has 0 aliphatic carbocycles. The number of pyridine rings is 1. The van der Waals surface area contributed by atoms with Crippen LogP contribution in [0.2, 0.25) is 0 Å². The van der Waals surface area contributed by atoms with Gasteiger partial charge in [-0.2, -0.15) is 0 Å². The van der Waals surface area contributed by atoms with Gasteiger partial charge in [0.2, 0.25) is 18.0 Å². The average Bonchev–Trinajstić information content (AvgIpc) is 3.31. The number of nitrogens with one attached hydrogen (secondary N) is 1. The minimum Gasteiger partial charge on any atom is -0.502 e. The quantitative estimate of drug-likeness (QED) is 0.509. The Morgan fingerprint density at radius 2 is 1.86 bits per heavy atom. The van der Waals surface area contributed by atoms with Gasteiger partial charge in [0.05, 0.1) is 31.5 Å². The number of methoxy groups -OCH3 is 1. The lowest BCUT2D eigenvalue weighted by Gasteiger charge is -2.26. The van der Waals surface area contributed by atoms with E-state index in [1.165, 1.54) is 13.2 Å². The first kappa shape index (κ1) is 23.0. The van der Waals surface area contributed by atoms with Gasteiger partial charge in [-0.1, -0.05) is 6.42 Å². The lowest BCUT2D eigenvalue weighted by Crippen LogP contribution is -2.29. The largest absolute Gasteiger partial charge is 0.502 e. The van der Waals surface area contributed by atoms with Gasteiger partial charge in [-0.05, 0) is 38.1 Å². The van der Waals surface area contributed by atoms with Gasteiger partial charge in [-0.3, -0.25) is 19.3 Å². The number of benzene rings is 1. The Labute approximate surface area is 200 Å². The van der Waals surface area contributed by atoms with Crippen LogP contribution in [-0.4, -0.2) is 48.0 Å². The molecule has 5 rings (SSSR count). The van der Waals surface area contributed by atoms with Crippen LogP contribution in [0.25, 0.3) is 10.9 Å². The summed E-state index contributed by atoms with van der Waals surface area (Å²) in [7, 11) is 1.23. The smallest absolute Gasteiger partial charge is 0.306 e. The number of piperidine rings is 1. The molecule has 2 aromatic heterocycles. The molecule has 0 radical (unpaired) electrons. The Morgan fingerprint density at radius 3 is 2.60 bits per heavy atom. The molecule has 35 heavy (non-hydrogen) atoms. The molecule has 0 saturated carbocycles. The van der Waals surface area contributed by atoms with Crippen LogP contribution in [0.1, 0.15) is 48.7 Å². The Kier molecular flexibility index (Phi) is 6.21. The van der Waals surface area contributed by atoms with E-state index in [-0.39, 0.29) is 24.5 Å². The number of aromatic nitrogens is 1. The highest BCUT2D eigenvalue weighted by molar-refractivity contribution is 5.83. The number of fused-ring (bicyclic) bond motifs is 2. The summed E-state index contributed by atoms with van der Waals surface area (Å²) in [6.07, 6.45) is 2.98. The molecule has 1 atom stereocenters. The molecule has 10 nitrogen and oxygen atoms in total. The summed E-state index contributed by atoms with van der Waals surface area (Å²) in [4.78, 5) is 43.1. The van der Waals surface area contributed by atoms with Crippen LogP contribution < -0.4 is 20.5 Å². The van der Waals surface area contributed by atoms with Crippen molar-refractivity contribution < 1.29 is 28.5 Å². The van der Waals surface area contributed by atoms with Crippen molar-refractivity contribution in [3.8, 4) is 17.2 Å². The van der Waals surface area contributed by atoms with Crippen LogP contribution in [0.5, 0.6) is 17.2 Å². The molecule has 10 heteroatoms. The van der Waals surface area contributed by atoms with Gasteiger partial charge in [-0.15, -0.1) is 0 Å². The number of likely N-dealkylation sites (tertiary alicyclic amines) is 1. The van der Waals surface area contributed by atoms with E-state index in [0.29, 0.717) is 34.7 Å². The van der Waals surface area contributed by atoms with Crippen molar-refractivity contribution >= 4 is 16.9 Å². The third-order valence-electron chi connectivity index (χ3n) is 6.48. The molecule has 3 aromatic rings. The maximum Gasteiger partial charge on any atom is 0.306 e. The number of rotatable bonds is 6. The first-order valence-electron chi connectivity index (χ1n) is 11.5. The molecule has 1 saturated heterocycles. The molecular weight excluding hydrogens is 456 g/mol. The van der Waals surface area contributed by atoms with E-state index in [0.717, 1.165) is 32.4 Å². The molecule has 1 fully saturated rings. The van der Waals surface area contributed by atoms with E-state index in [1.807, 2.05) is 0 Å². The number of hydrogen-bond acceptors (Lipinski definition) is 9. The van der Waals surface area contributed by atoms with E-state index in [9.17, 15) is 19.5 Å². The lowest BCUT2D eigenvalue weighted by atomic mass is 9.92. The second-order valence-electron chi connectivity index (χ2n) is 8.81. The monoisotopic (exact) mass is 482 g/mol. The number of aromatic amines is 1. The van der Waals surface area contributed by atoms with Crippen molar-refractivity contribution in [1.82, 2.24) is 9.88 Å². The van der Waals surface area contributed by atoms with Gasteiger partial charge in [0.25, 0.3) is 5.56 Å². The van der Waals surface area contributed by atoms with Crippen LogP contribution >= 0.6 is 0 Å². The van der Waals surface area contributed by atoms with Gasteiger partial charge in [0.1, 0.15) is 5.76 Å². The zero-order valence-electron chi connectivity index (χ0n) is 19.3. The zero-order valence-corrected chi connectivity index (χ0v) is 19.3. The standard InChI is InChI=1S/C25H26N2O8/c1-32-22(29)10-16(17-7-14-8-20-21(34-13-33-20)11-18(14)26-25(17)31)24-23(30)19(28)9-15(35-24)12-27-5-3-2-4-6-27/h7-9,11,16,30H,2-6,10,12-13H2,1H3,(H,26,31)/t16-/m0/s1. The minimum atomic E-state index is -1.05. The third kappa shape index (κ3) is 4.61. The van der Waals surface area contributed by atoms with E-state index >= 15 is 0 Å². The van der Waals surface area contributed by atoms with Crippen molar-refractivity contribution in [2.45, 2.75) is 38.1 Å². The van der Waals surface area contributed by atoms with Crippen LogP contribution in [0.15, 0.2) is 38.3 Å². The average molecular weight is 482 g/mol. The van der Waals surface area contributed by atoms with Crippen LogP contribution in [0, 0.1) is 0 Å². The maximum atomic E-state index is 13.1. The van der Waals surface area contributed by atoms with Gasteiger partial charge in [0, 0.05) is 23.1 Å². The Balaban J connectivity index is 1.61. The Morgan fingerprint density at radius 1 is 1.11 bits per heavy atom. The molecule has 2 N–H and O–H groups in total. The fourth-order valence-corrected chi connectivity index (χ4v) is 4.67. The molecule has 0 spiro atoms. The molecule has 1 aromatic carbocycles. The number of hydrogen-bond donors (Lipinski definition) is 2. The van der Waals surface area contributed by atoms with E-state index in [2.05, 4.69) is 9.88 Å². The first-order chi connectivity index (χ1) is 16.9. The van der Waals surface area contributed by atoms with Gasteiger partial charge < -0.3 is 28.7 Å². The first-order valence-corrected chi connectivity index (χ1v) is 11.5. The molecule has 0 amide bonds. The third-order valence-corrected chi connectivity index (χ3v) is 6.48.